The molecule has 1 unspecified atom stereocenters. The minimum Gasteiger partial charge on any atom is -0.394 e. The molecule has 0 radical (unpaired) electrons. The van der Waals surface area contributed by atoms with Gasteiger partial charge in [-0.05, 0) is 13.8 Å². The number of hydrogen-bond donors (Lipinski definition) is 2. The van der Waals surface area contributed by atoms with Gasteiger partial charge in [-0.2, -0.15) is 5.10 Å². The second-order valence-corrected chi connectivity index (χ2v) is 3.90. The maximum atomic E-state index is 9.10. The lowest BCUT2D eigenvalue weighted by Gasteiger charge is -2.05. The average Bonchev–Trinajstić information content (AvgIpc) is 2.19. The molecular weight excluding hydrogens is 202 g/mol. The van der Waals surface area contributed by atoms with Gasteiger partial charge in [-0.15, -0.1) is 5.10 Å². The summed E-state index contributed by atoms with van der Waals surface area (Å²) in [6.07, 6.45) is -0.731. The van der Waals surface area contributed by atoms with E-state index in [0.29, 0.717) is 10.9 Å². The first kappa shape index (κ1) is 11.4. The maximum Gasteiger partial charge on any atom is 0.209 e. The number of aliphatic hydroxyl groups excluding tert-OH is 2. The molecule has 0 aliphatic heterocycles. The third-order valence-electron chi connectivity index (χ3n) is 1.69. The van der Waals surface area contributed by atoms with Crippen LogP contribution in [0, 0.1) is 13.8 Å². The molecule has 0 saturated carbocycles. The Morgan fingerprint density at radius 2 is 2.00 bits per heavy atom. The first-order valence-electron chi connectivity index (χ1n) is 4.23. The lowest BCUT2D eigenvalue weighted by molar-refractivity contribution is 0.113. The molecule has 0 spiro atoms. The van der Waals surface area contributed by atoms with E-state index in [-0.39, 0.29) is 6.61 Å². The zero-order valence-electron chi connectivity index (χ0n) is 8.14. The zero-order valence-corrected chi connectivity index (χ0v) is 8.95. The summed E-state index contributed by atoms with van der Waals surface area (Å²) in [7, 11) is 0. The van der Waals surface area contributed by atoms with Crippen molar-refractivity contribution in [2.45, 2.75) is 25.1 Å². The highest BCUT2D eigenvalue weighted by Gasteiger charge is 2.06. The van der Waals surface area contributed by atoms with Crippen LogP contribution in [0.5, 0.6) is 0 Å². The summed E-state index contributed by atoms with van der Waals surface area (Å²) < 4.78 is 0. The molecule has 0 saturated heterocycles. The Balaban J connectivity index is 2.55. The van der Waals surface area contributed by atoms with E-state index >= 15 is 0 Å². The zero-order chi connectivity index (χ0) is 10.6. The van der Waals surface area contributed by atoms with E-state index in [2.05, 4.69) is 15.2 Å². The number of nitrogens with zero attached hydrogens (tertiary/aromatic N) is 3. The number of aliphatic hydroxyl groups is 2. The van der Waals surface area contributed by atoms with Crippen LogP contribution in [0.15, 0.2) is 5.16 Å². The molecule has 0 aliphatic carbocycles. The quantitative estimate of drug-likeness (QED) is 0.685. The van der Waals surface area contributed by atoms with Crippen LogP contribution in [0.3, 0.4) is 0 Å². The summed E-state index contributed by atoms with van der Waals surface area (Å²) in [5.74, 6) is 0.376. The topological polar surface area (TPSA) is 79.1 Å². The summed E-state index contributed by atoms with van der Waals surface area (Å²) >= 11 is 1.28. The molecule has 1 atom stereocenters. The SMILES string of the molecule is Cc1nnc(SCC(O)CO)nc1C. The van der Waals surface area contributed by atoms with Gasteiger partial charge in [-0.25, -0.2) is 4.98 Å². The van der Waals surface area contributed by atoms with Crippen molar-refractivity contribution in [2.24, 2.45) is 0 Å². The predicted octanol–water partition coefficient (Wildman–Crippen LogP) is -0.0663. The van der Waals surface area contributed by atoms with Gasteiger partial charge in [0.05, 0.1) is 24.1 Å². The normalized spacial score (nSPS) is 12.9. The van der Waals surface area contributed by atoms with E-state index < -0.39 is 6.10 Å². The van der Waals surface area contributed by atoms with Gasteiger partial charge in [0.1, 0.15) is 0 Å². The highest BCUT2D eigenvalue weighted by molar-refractivity contribution is 7.99. The van der Waals surface area contributed by atoms with E-state index in [4.69, 9.17) is 10.2 Å². The van der Waals surface area contributed by atoms with Gasteiger partial charge in [-0.3, -0.25) is 0 Å². The second kappa shape index (κ2) is 5.23. The molecule has 0 fully saturated rings. The molecule has 0 aromatic carbocycles. The van der Waals surface area contributed by atoms with E-state index in [9.17, 15) is 0 Å². The van der Waals surface area contributed by atoms with Crippen molar-refractivity contribution in [1.29, 1.82) is 0 Å². The Hall–Kier alpha value is -0.720. The standard InChI is InChI=1S/C8H13N3O2S/c1-5-6(2)10-11-8(9-5)14-4-7(13)3-12/h7,12-13H,3-4H2,1-2H3. The number of thioether (sulfide) groups is 1. The molecule has 2 N–H and O–H groups in total. The molecule has 6 heteroatoms. The summed E-state index contributed by atoms with van der Waals surface area (Å²) in [6.45, 7) is 3.45. The third kappa shape index (κ3) is 3.21. The number of aromatic nitrogens is 3. The monoisotopic (exact) mass is 215 g/mol. The molecule has 0 aliphatic rings. The summed E-state index contributed by atoms with van der Waals surface area (Å²) in [6, 6.07) is 0. The minimum absolute atomic E-state index is 0.245. The second-order valence-electron chi connectivity index (χ2n) is 2.91. The van der Waals surface area contributed by atoms with Crippen LogP contribution < -0.4 is 0 Å². The molecule has 0 amide bonds. The third-order valence-corrected chi connectivity index (χ3v) is 2.67. The van der Waals surface area contributed by atoms with E-state index in [1.165, 1.54) is 11.8 Å². The minimum atomic E-state index is -0.731. The highest BCUT2D eigenvalue weighted by Crippen LogP contribution is 2.13. The van der Waals surface area contributed by atoms with Crippen molar-refractivity contribution in [3.05, 3.63) is 11.4 Å². The molecule has 1 aromatic rings. The van der Waals surface area contributed by atoms with Crippen LogP contribution in [-0.4, -0.2) is 43.9 Å². The molecule has 1 aromatic heterocycles. The molecular formula is C8H13N3O2S. The van der Waals surface area contributed by atoms with Crippen molar-refractivity contribution >= 4 is 11.8 Å². The summed E-state index contributed by atoms with van der Waals surface area (Å²) in [5, 5.41) is 26.0. The lowest BCUT2D eigenvalue weighted by atomic mass is 10.4. The van der Waals surface area contributed by atoms with Crippen LogP contribution in [0.4, 0.5) is 0 Å². The van der Waals surface area contributed by atoms with Gasteiger partial charge >= 0.3 is 0 Å². The first-order chi connectivity index (χ1) is 6.63. The van der Waals surface area contributed by atoms with Crippen molar-refractivity contribution in [3.8, 4) is 0 Å². The van der Waals surface area contributed by atoms with Crippen LogP contribution >= 0.6 is 11.8 Å². The Kier molecular flexibility index (Phi) is 4.24. The number of hydrogen-bond acceptors (Lipinski definition) is 6. The molecule has 0 bridgehead atoms. The van der Waals surface area contributed by atoms with Gasteiger partial charge in [-0.1, -0.05) is 11.8 Å². The smallest absolute Gasteiger partial charge is 0.209 e. The first-order valence-corrected chi connectivity index (χ1v) is 5.21. The molecule has 1 rings (SSSR count). The Labute approximate surface area is 86.6 Å². The number of rotatable bonds is 4. The van der Waals surface area contributed by atoms with Gasteiger partial charge < -0.3 is 10.2 Å². The van der Waals surface area contributed by atoms with Crippen LogP contribution in [0.1, 0.15) is 11.4 Å². The van der Waals surface area contributed by atoms with E-state index in [0.717, 1.165) is 11.4 Å². The Morgan fingerprint density at radius 1 is 1.29 bits per heavy atom. The van der Waals surface area contributed by atoms with Gasteiger partial charge in [0.15, 0.2) is 0 Å². The fraction of sp³-hybridized carbons (Fsp3) is 0.625. The van der Waals surface area contributed by atoms with Crippen molar-refractivity contribution < 1.29 is 10.2 Å². The van der Waals surface area contributed by atoms with E-state index in [1.807, 2.05) is 13.8 Å². The van der Waals surface area contributed by atoms with Crippen LogP contribution in [0.2, 0.25) is 0 Å². The molecule has 5 nitrogen and oxygen atoms in total. The van der Waals surface area contributed by atoms with Crippen molar-refractivity contribution in [1.82, 2.24) is 15.2 Å². The van der Waals surface area contributed by atoms with Crippen LogP contribution in [-0.2, 0) is 0 Å². The maximum absolute atomic E-state index is 9.10. The van der Waals surface area contributed by atoms with Crippen LogP contribution in [0.25, 0.3) is 0 Å². The highest BCUT2D eigenvalue weighted by atomic mass is 32.2. The number of aryl methyl sites for hydroxylation is 2. The molecule has 14 heavy (non-hydrogen) atoms. The predicted molar refractivity (Wildman–Crippen MR) is 53.1 cm³/mol. The van der Waals surface area contributed by atoms with E-state index in [1.54, 1.807) is 0 Å². The Bertz CT molecular complexity index is 309. The largest absolute Gasteiger partial charge is 0.394 e. The summed E-state index contributed by atoms with van der Waals surface area (Å²) in [4.78, 5) is 4.18. The fourth-order valence-electron chi connectivity index (χ4n) is 0.721. The van der Waals surface area contributed by atoms with Gasteiger partial charge in [0.2, 0.25) is 5.16 Å². The Morgan fingerprint density at radius 3 is 2.57 bits per heavy atom. The van der Waals surface area contributed by atoms with Gasteiger partial charge in [0, 0.05) is 5.75 Å². The van der Waals surface area contributed by atoms with Gasteiger partial charge in [0.25, 0.3) is 0 Å². The fourth-order valence-corrected chi connectivity index (χ4v) is 1.47. The molecule has 1 heterocycles. The summed E-state index contributed by atoms with van der Waals surface area (Å²) in [5.41, 5.74) is 1.64. The van der Waals surface area contributed by atoms with Crippen molar-refractivity contribution in [2.75, 3.05) is 12.4 Å². The van der Waals surface area contributed by atoms with Crippen molar-refractivity contribution in [3.63, 3.8) is 0 Å². The lowest BCUT2D eigenvalue weighted by Crippen LogP contribution is -2.15. The average molecular weight is 215 g/mol. The molecule has 78 valence electrons.